The van der Waals surface area contributed by atoms with Crippen molar-refractivity contribution in [1.29, 1.82) is 0 Å². The van der Waals surface area contributed by atoms with Crippen LogP contribution in [-0.4, -0.2) is 30.1 Å². The van der Waals surface area contributed by atoms with Gasteiger partial charge in [0.1, 0.15) is 0 Å². The monoisotopic (exact) mass is 256 g/mol. The molecule has 0 aromatic rings. The summed E-state index contributed by atoms with van der Waals surface area (Å²) >= 11 is 0. The number of nitrogens with zero attached hydrogens (tertiary/aromatic N) is 1. The van der Waals surface area contributed by atoms with E-state index in [1.54, 1.807) is 0 Å². The highest BCUT2D eigenvalue weighted by Gasteiger charge is 2.14. The fraction of sp³-hybridized carbons (Fsp3) is 1.00. The standard InChI is InChI=1S/C16H36N2/c1-6-8-12-18(16(5)7-2)13-14(3)10-9-11-15(4)17/h14-16H,6-13,17H2,1-5H3. The minimum Gasteiger partial charge on any atom is -0.328 e. The van der Waals surface area contributed by atoms with Crippen molar-refractivity contribution < 1.29 is 0 Å². The normalized spacial score (nSPS) is 16.8. The van der Waals surface area contributed by atoms with Gasteiger partial charge in [-0.05, 0) is 52.0 Å². The van der Waals surface area contributed by atoms with Crippen LogP contribution in [0.25, 0.3) is 0 Å². The van der Waals surface area contributed by atoms with E-state index in [-0.39, 0.29) is 0 Å². The SMILES string of the molecule is CCCCN(CC(C)CCCC(C)N)C(C)CC. The summed E-state index contributed by atoms with van der Waals surface area (Å²) < 4.78 is 0. The van der Waals surface area contributed by atoms with Crippen LogP contribution in [0.3, 0.4) is 0 Å². The van der Waals surface area contributed by atoms with Crippen molar-refractivity contribution in [1.82, 2.24) is 4.90 Å². The Morgan fingerprint density at radius 1 is 1.00 bits per heavy atom. The highest BCUT2D eigenvalue weighted by Crippen LogP contribution is 2.14. The molecule has 2 nitrogen and oxygen atoms in total. The Kier molecular flexibility index (Phi) is 10.8. The third-order valence-corrected chi connectivity index (χ3v) is 3.92. The van der Waals surface area contributed by atoms with Crippen molar-refractivity contribution in [2.24, 2.45) is 11.7 Å². The molecule has 2 heteroatoms. The first-order chi connectivity index (χ1) is 8.51. The van der Waals surface area contributed by atoms with Crippen molar-refractivity contribution in [2.45, 2.75) is 85.2 Å². The first-order valence-corrected chi connectivity index (χ1v) is 8.00. The molecule has 0 bridgehead atoms. The average Bonchev–Trinajstić information content (AvgIpc) is 2.32. The Labute approximate surface area is 115 Å². The first-order valence-electron chi connectivity index (χ1n) is 8.00. The van der Waals surface area contributed by atoms with E-state index < -0.39 is 0 Å². The van der Waals surface area contributed by atoms with Gasteiger partial charge in [0, 0.05) is 18.6 Å². The number of unbranched alkanes of at least 4 members (excludes halogenated alkanes) is 1. The number of nitrogens with two attached hydrogens (primary N) is 1. The summed E-state index contributed by atoms with van der Waals surface area (Å²) in [5.41, 5.74) is 5.80. The molecule has 18 heavy (non-hydrogen) atoms. The molecule has 0 aliphatic heterocycles. The Morgan fingerprint density at radius 3 is 2.17 bits per heavy atom. The van der Waals surface area contributed by atoms with Gasteiger partial charge in [0.05, 0.1) is 0 Å². The molecule has 0 saturated heterocycles. The third-order valence-electron chi connectivity index (χ3n) is 3.92. The maximum absolute atomic E-state index is 5.80. The van der Waals surface area contributed by atoms with Crippen molar-refractivity contribution in [3.63, 3.8) is 0 Å². The zero-order valence-electron chi connectivity index (χ0n) is 13.4. The third kappa shape index (κ3) is 8.93. The predicted octanol–water partition coefficient (Wildman–Crippen LogP) is 4.04. The maximum Gasteiger partial charge on any atom is 0.00644 e. The highest BCUT2D eigenvalue weighted by molar-refractivity contribution is 4.69. The van der Waals surface area contributed by atoms with Crippen molar-refractivity contribution in [2.75, 3.05) is 13.1 Å². The zero-order chi connectivity index (χ0) is 14.0. The van der Waals surface area contributed by atoms with E-state index in [0.29, 0.717) is 6.04 Å². The molecule has 0 saturated carbocycles. The summed E-state index contributed by atoms with van der Waals surface area (Å²) in [6.45, 7) is 14.0. The summed E-state index contributed by atoms with van der Waals surface area (Å²) in [5.74, 6) is 0.801. The topological polar surface area (TPSA) is 29.3 Å². The van der Waals surface area contributed by atoms with Gasteiger partial charge >= 0.3 is 0 Å². The highest BCUT2D eigenvalue weighted by atomic mass is 15.1. The molecular weight excluding hydrogens is 220 g/mol. The van der Waals surface area contributed by atoms with Crippen molar-refractivity contribution >= 4 is 0 Å². The second-order valence-electron chi connectivity index (χ2n) is 6.12. The molecule has 0 aromatic carbocycles. The minimum absolute atomic E-state index is 0.364. The molecule has 2 N–H and O–H groups in total. The smallest absolute Gasteiger partial charge is 0.00644 e. The van der Waals surface area contributed by atoms with Gasteiger partial charge in [-0.25, -0.2) is 0 Å². The Morgan fingerprint density at radius 2 is 1.67 bits per heavy atom. The molecule has 110 valence electrons. The molecule has 0 spiro atoms. The van der Waals surface area contributed by atoms with Gasteiger partial charge in [-0.2, -0.15) is 0 Å². The summed E-state index contributed by atoms with van der Waals surface area (Å²) in [4.78, 5) is 2.68. The van der Waals surface area contributed by atoms with Gasteiger partial charge in [0.15, 0.2) is 0 Å². The Balaban J connectivity index is 3.97. The van der Waals surface area contributed by atoms with Crippen molar-refractivity contribution in [3.8, 4) is 0 Å². The summed E-state index contributed by atoms with van der Waals surface area (Å²) in [6.07, 6.45) is 7.66. The predicted molar refractivity (Wildman–Crippen MR) is 82.9 cm³/mol. The van der Waals surface area contributed by atoms with Crippen LogP contribution in [0.2, 0.25) is 0 Å². The molecule has 0 radical (unpaired) electrons. The fourth-order valence-electron chi connectivity index (χ4n) is 2.39. The second kappa shape index (κ2) is 10.8. The van der Waals surface area contributed by atoms with E-state index in [9.17, 15) is 0 Å². The molecular formula is C16H36N2. The van der Waals surface area contributed by atoms with E-state index in [4.69, 9.17) is 5.73 Å². The largest absolute Gasteiger partial charge is 0.328 e. The van der Waals surface area contributed by atoms with Crippen LogP contribution in [0, 0.1) is 5.92 Å². The molecule has 0 aromatic heterocycles. The second-order valence-corrected chi connectivity index (χ2v) is 6.12. The number of hydrogen-bond donors (Lipinski definition) is 1. The lowest BCUT2D eigenvalue weighted by Gasteiger charge is -2.31. The fourth-order valence-corrected chi connectivity index (χ4v) is 2.39. The van der Waals surface area contributed by atoms with Crippen LogP contribution < -0.4 is 5.73 Å². The van der Waals surface area contributed by atoms with Crippen LogP contribution in [0.5, 0.6) is 0 Å². The summed E-state index contributed by atoms with van der Waals surface area (Å²) in [5, 5.41) is 0. The minimum atomic E-state index is 0.364. The van der Waals surface area contributed by atoms with E-state index in [2.05, 4.69) is 39.5 Å². The molecule has 0 heterocycles. The van der Waals surface area contributed by atoms with Gasteiger partial charge < -0.3 is 10.6 Å². The molecule has 3 unspecified atom stereocenters. The van der Waals surface area contributed by atoms with Gasteiger partial charge in [0.25, 0.3) is 0 Å². The summed E-state index contributed by atoms with van der Waals surface area (Å²) in [7, 11) is 0. The first kappa shape index (κ1) is 17.9. The molecule has 3 atom stereocenters. The van der Waals surface area contributed by atoms with E-state index >= 15 is 0 Å². The summed E-state index contributed by atoms with van der Waals surface area (Å²) in [6, 6.07) is 1.09. The molecule has 0 amide bonds. The van der Waals surface area contributed by atoms with E-state index in [1.165, 1.54) is 51.6 Å². The Hall–Kier alpha value is -0.0800. The molecule has 0 rings (SSSR count). The average molecular weight is 256 g/mol. The van der Waals surface area contributed by atoms with Gasteiger partial charge in [0.2, 0.25) is 0 Å². The number of hydrogen-bond acceptors (Lipinski definition) is 2. The van der Waals surface area contributed by atoms with Crippen LogP contribution >= 0.6 is 0 Å². The maximum atomic E-state index is 5.80. The zero-order valence-corrected chi connectivity index (χ0v) is 13.4. The van der Waals surface area contributed by atoms with Crippen LogP contribution in [-0.2, 0) is 0 Å². The van der Waals surface area contributed by atoms with Crippen LogP contribution in [0.4, 0.5) is 0 Å². The van der Waals surface area contributed by atoms with E-state index in [1.807, 2.05) is 0 Å². The van der Waals surface area contributed by atoms with Gasteiger partial charge in [-0.1, -0.05) is 33.6 Å². The number of rotatable bonds is 11. The van der Waals surface area contributed by atoms with Gasteiger partial charge in [-0.15, -0.1) is 0 Å². The lowest BCUT2D eigenvalue weighted by Crippen LogP contribution is -2.37. The van der Waals surface area contributed by atoms with Crippen molar-refractivity contribution in [3.05, 3.63) is 0 Å². The molecule has 0 fully saturated rings. The lowest BCUT2D eigenvalue weighted by atomic mass is 10.0. The quantitative estimate of drug-likeness (QED) is 0.604. The molecule has 0 aliphatic carbocycles. The Bertz CT molecular complexity index is 180. The van der Waals surface area contributed by atoms with E-state index in [0.717, 1.165) is 12.0 Å². The van der Waals surface area contributed by atoms with Gasteiger partial charge in [-0.3, -0.25) is 0 Å². The van der Waals surface area contributed by atoms with Crippen LogP contribution in [0.15, 0.2) is 0 Å². The van der Waals surface area contributed by atoms with Crippen LogP contribution in [0.1, 0.15) is 73.1 Å². The molecule has 0 aliphatic rings. The lowest BCUT2D eigenvalue weighted by molar-refractivity contribution is 0.170.